The first-order chi connectivity index (χ1) is 58.8. The molecule has 0 bridgehead atoms. The highest BCUT2D eigenvalue weighted by Crippen LogP contribution is 2.35. The quantitative estimate of drug-likeness (QED) is 0.00530. The van der Waals surface area contributed by atoms with E-state index >= 15 is 0 Å². The third-order valence-electron chi connectivity index (χ3n) is 14.9. The van der Waals surface area contributed by atoms with Gasteiger partial charge in [0.25, 0.3) is 22.7 Å². The van der Waals surface area contributed by atoms with Gasteiger partial charge in [0.05, 0.1) is 60.6 Å². The molecule has 4 aromatic carbocycles. The average Bonchev–Trinajstić information content (AvgIpc) is 0.813. The highest BCUT2D eigenvalue weighted by molar-refractivity contribution is 7.59. The molecule has 0 spiro atoms. The van der Waals surface area contributed by atoms with Crippen molar-refractivity contribution in [3.8, 4) is 23.0 Å². The number of hydrogen-bond acceptors (Lipinski definition) is 34. The monoisotopic (exact) mass is 1890 g/mol. The van der Waals surface area contributed by atoms with Gasteiger partial charge in [0, 0.05) is 49.1 Å². The Labute approximate surface area is 764 Å². The molecule has 0 aliphatic rings. The molecule has 4 amide bonds. The summed E-state index contributed by atoms with van der Waals surface area (Å²) in [5.74, 6) is -3.75. The molecule has 8 rings (SSSR count). The Kier molecular flexibility index (Phi) is 50.2. The van der Waals surface area contributed by atoms with Crippen LogP contribution in [0.5, 0.6) is 23.0 Å². The molecule has 0 radical (unpaired) electrons. The molecule has 708 valence electrons. The highest BCUT2D eigenvalue weighted by Gasteiger charge is 2.29. The molecule has 0 aliphatic carbocycles. The molecule has 0 saturated carbocycles. The van der Waals surface area contributed by atoms with E-state index in [2.05, 4.69) is 45.9 Å². The number of carbonyl (C=O) groups excluding carboxylic acids is 8. The number of rotatable bonds is 31. The first-order valence-electron chi connectivity index (χ1n) is 38.1. The van der Waals surface area contributed by atoms with Crippen molar-refractivity contribution in [2.45, 2.75) is 171 Å². The first-order valence-corrected chi connectivity index (χ1v) is 38.6. The van der Waals surface area contributed by atoms with Crippen molar-refractivity contribution in [2.75, 3.05) is 46.1 Å². The van der Waals surface area contributed by atoms with E-state index in [0.717, 1.165) is 0 Å². The van der Waals surface area contributed by atoms with E-state index in [9.17, 15) is 88.4 Å². The minimum Gasteiger partial charge on any atom is -0.481 e. The lowest BCUT2D eigenvalue weighted by molar-refractivity contribution is -0.383. The zero-order chi connectivity index (χ0) is 95.0. The van der Waals surface area contributed by atoms with Crippen LogP contribution in [0.4, 0.5) is 37.1 Å². The number of halogens is 2. The van der Waals surface area contributed by atoms with Crippen LogP contribution >= 0.6 is 51.0 Å². The van der Waals surface area contributed by atoms with Crippen LogP contribution in [0.25, 0.3) is 43.6 Å². The predicted octanol–water partition coefficient (Wildman–Crippen LogP) is 13.2. The molecule has 8 aromatic rings. The van der Waals surface area contributed by atoms with Gasteiger partial charge >= 0.3 is 54.1 Å². The molecule has 44 nitrogen and oxygen atoms in total. The smallest absolute Gasteiger partial charge is 0.408 e. The fourth-order valence-corrected chi connectivity index (χ4v) is 10.1. The number of benzene rings is 4. The largest absolute Gasteiger partial charge is 0.481 e. The van der Waals surface area contributed by atoms with Crippen molar-refractivity contribution in [3.05, 3.63) is 162 Å². The number of nitrogens with zero attached hydrogens (tertiary/aromatic N) is 8. The third-order valence-corrected chi connectivity index (χ3v) is 15.0. The van der Waals surface area contributed by atoms with Gasteiger partial charge in [-0.15, -0.1) is 12.4 Å². The molecule has 8 N–H and O–H groups in total. The summed E-state index contributed by atoms with van der Waals surface area (Å²) in [4.78, 5) is 172. The van der Waals surface area contributed by atoms with E-state index < -0.39 is 141 Å². The number of non-ortho nitro benzene ring substituents is 4. The van der Waals surface area contributed by atoms with Crippen LogP contribution in [0.1, 0.15) is 136 Å². The Balaban J connectivity index is 0.00000157. The minimum atomic E-state index is -1.04. The van der Waals surface area contributed by atoms with E-state index in [1.54, 1.807) is 132 Å². The van der Waals surface area contributed by atoms with E-state index in [0.29, 0.717) is 45.8 Å². The number of esters is 4. The number of ether oxygens (including phenoxy) is 11. The lowest BCUT2D eigenvalue weighted by Crippen LogP contribution is -2.49. The lowest BCUT2D eigenvalue weighted by Gasteiger charge is -2.24. The molecule has 129 heavy (non-hydrogen) atoms. The molecule has 2 atom stereocenters. The number of aromatic nitrogens is 4. The number of aliphatic carboxylic acids is 2. The second kappa shape index (κ2) is 56.0. The number of carbonyl (C=O) groups is 10. The summed E-state index contributed by atoms with van der Waals surface area (Å²) >= 11 is 5.45. The fraction of sp³-hybridized carbons (Fsp3) is 0.432. The number of hydrogen-bond donors (Lipinski definition) is 7. The molecule has 0 saturated heterocycles. The second-order valence-electron chi connectivity index (χ2n) is 30.8. The molecule has 0 unspecified atom stereocenters. The normalized spacial score (nSPS) is 11.1. The maximum atomic E-state index is 12.5. The number of fused-ring (bicyclic) bond motifs is 4. The van der Waals surface area contributed by atoms with Crippen LogP contribution in [-0.2, 0) is 66.7 Å². The van der Waals surface area contributed by atoms with Crippen molar-refractivity contribution in [1.29, 1.82) is 0 Å². The fourth-order valence-electron chi connectivity index (χ4n) is 9.96. The van der Waals surface area contributed by atoms with Gasteiger partial charge in [-0.1, -0.05) is 39.3 Å². The Morgan fingerprint density at radius 1 is 0.419 bits per heavy atom. The number of alkyl carbamates (subject to hydrolysis) is 3. The van der Waals surface area contributed by atoms with Gasteiger partial charge in [0.2, 0.25) is 26.3 Å². The zero-order valence-electron chi connectivity index (χ0n) is 73.3. The maximum absolute atomic E-state index is 12.5. The molecule has 0 aliphatic heterocycles. The number of nitro benzene ring substituents is 4. The van der Waals surface area contributed by atoms with Gasteiger partial charge in [0.15, 0.2) is 6.07 Å². The van der Waals surface area contributed by atoms with E-state index in [1.165, 1.54) is 73.2 Å². The molecule has 48 heteroatoms. The average molecular weight is 1890 g/mol. The van der Waals surface area contributed by atoms with Crippen molar-refractivity contribution >= 4 is 177 Å². The Morgan fingerprint density at radius 3 is 1.00 bits per heavy atom. The van der Waals surface area contributed by atoms with Gasteiger partial charge in [-0.25, -0.2) is 19.2 Å². The summed E-state index contributed by atoms with van der Waals surface area (Å²) < 4.78 is 55.7. The number of alkyl halides is 1. The SMILES string of the molecule is CC(C)(C)OC(=O)CCC(=O)O.CC(C)(C)OC(=O)NCC(=O)OCOc1ccc([N+](=O)[O-])c2cccnc12.CC(C)C[C@H](NC(=O)OC(C)(C)C)C(=O)NCC(=O)OCOc1ccc([N+](=O)[O-])c2cccnc12.CC(C)C[C@H](NC(=O)OC(C)(C)C)C(=O)O.Cl.NCC(=O)OCOc1ccc([N+](=O)[O-])c2cccnc12.O=[N+]([O-])c1ccc(OCCl)c2ncccc12.S.S. The number of carboxylic acid groups (broad SMARTS) is 2. The third kappa shape index (κ3) is 44.6. The van der Waals surface area contributed by atoms with Crippen LogP contribution in [0, 0.1) is 52.3 Å². The summed E-state index contributed by atoms with van der Waals surface area (Å²) in [5.41, 5.74) is 3.51. The summed E-state index contributed by atoms with van der Waals surface area (Å²) in [6, 6.07) is 21.7. The number of pyridine rings is 4. The van der Waals surface area contributed by atoms with Gasteiger partial charge in [-0.05, 0) is 181 Å². The van der Waals surface area contributed by atoms with Crippen LogP contribution in [0.2, 0.25) is 0 Å². The number of nitrogens with two attached hydrogens (primary N) is 1. The molecule has 4 heterocycles. The van der Waals surface area contributed by atoms with Crippen molar-refractivity contribution in [3.63, 3.8) is 0 Å². The molecular weight excluding hydrogens is 1790 g/mol. The van der Waals surface area contributed by atoms with E-state index in [1.807, 2.05) is 27.7 Å². The van der Waals surface area contributed by atoms with Gasteiger partial charge in [0.1, 0.15) is 92.6 Å². The lowest BCUT2D eigenvalue weighted by atomic mass is 10.0. The molecule has 0 fully saturated rings. The predicted molar refractivity (Wildman–Crippen MR) is 480 cm³/mol. The Morgan fingerprint density at radius 2 is 0.713 bits per heavy atom. The number of nitro groups is 4. The summed E-state index contributed by atoms with van der Waals surface area (Å²) in [6.45, 7) is 25.8. The topological polar surface area (TPSA) is 611 Å². The van der Waals surface area contributed by atoms with E-state index in [-0.39, 0.29) is 140 Å². The van der Waals surface area contributed by atoms with Crippen LogP contribution < -0.4 is 45.9 Å². The van der Waals surface area contributed by atoms with Crippen molar-refractivity contribution < 1.29 is 130 Å². The highest BCUT2D eigenvalue weighted by atomic mass is 35.5. The van der Waals surface area contributed by atoms with Gasteiger partial charge < -0.3 is 89.3 Å². The first kappa shape index (κ1) is 116. The van der Waals surface area contributed by atoms with Crippen molar-refractivity contribution in [2.24, 2.45) is 17.6 Å². The van der Waals surface area contributed by atoms with E-state index in [4.69, 9.17) is 74.9 Å². The molecule has 4 aromatic heterocycles. The van der Waals surface area contributed by atoms with Crippen LogP contribution in [-0.4, -0.2) is 190 Å². The Hall–Kier alpha value is -13.3. The Bertz CT molecular complexity index is 5130. The van der Waals surface area contributed by atoms with Crippen molar-refractivity contribution in [1.82, 2.24) is 41.2 Å². The van der Waals surface area contributed by atoms with Gasteiger partial charge in [-0.3, -0.25) is 89.2 Å². The zero-order valence-corrected chi connectivity index (χ0v) is 76.9. The van der Waals surface area contributed by atoms with Crippen LogP contribution in [0.15, 0.2) is 122 Å². The number of nitrogens with one attached hydrogen (secondary N) is 4. The summed E-state index contributed by atoms with van der Waals surface area (Å²) in [6.07, 6.45) is 4.27. The minimum absolute atomic E-state index is 0. The second-order valence-corrected chi connectivity index (χ2v) is 31.0. The molecular formula is C81H107Cl2N13O31S2. The van der Waals surface area contributed by atoms with Crippen LogP contribution in [0.3, 0.4) is 0 Å². The maximum Gasteiger partial charge on any atom is 0.408 e. The summed E-state index contributed by atoms with van der Waals surface area (Å²) in [7, 11) is 0. The van der Waals surface area contributed by atoms with Gasteiger partial charge in [-0.2, -0.15) is 27.0 Å². The standard InChI is InChI=1S/C23H30N4O8.C17H19N3O7.C12H11N3O5.C11H21NO4.C10H7ClN2O3.C8H14O4.ClH.2H2S/c1-14(2)11-16(26-22(30)35-23(3,4)5)21(29)25-12-19(28)34-13-33-18-9-8-17(27(31)32)15-7-6-10-24-20(15)18;1-17(2,3)27-16(22)19-9-14(21)26-10-25-13-7-6-12(20(23)24)11-5-4-8-18-15(11)13;13-6-11(16)20-7-19-10-4-3-9(15(17)18)8-2-1-5-14-12(8)10;1-7(2)6-8(9(13)14)12-10(15)16-11(3,4)5;11-6-16-9-4-3-8(13(14)15)7-2-1-5-12-10(7)9;1-8(2,3)12-7(11)5-4-6(9)10;;;/h6-10,14,16H,11-13H2,1-5H3,(H,25,29)(H,26,30);4-8H,9-10H2,1-3H3,(H,19,22);1-5H,6-7,13H2;7-8H,6H2,1-5H3,(H,12,15)(H,13,14);1-5H,6H2;4-5H2,1-3H3,(H,9,10);1H;2*1H2/t16-;;;8-;;;;;/m0..0...../s1. The summed E-state index contributed by atoms with van der Waals surface area (Å²) in [5, 5.41) is 72.0. The number of carboxylic acids is 2. The number of amides is 4.